The summed E-state index contributed by atoms with van der Waals surface area (Å²) in [5.41, 5.74) is 1.09. The number of methoxy groups -OCH3 is 1. The first-order chi connectivity index (χ1) is 14.1. The van der Waals surface area contributed by atoms with Crippen LogP contribution in [0.15, 0.2) is 53.7 Å². The maximum absolute atomic E-state index is 14.3. The molecule has 2 aromatic carbocycles. The van der Waals surface area contributed by atoms with Gasteiger partial charge < -0.3 is 10.1 Å². The topological polar surface area (TPSA) is 69.0 Å². The monoisotopic (exact) mass is 412 g/mol. The number of benzene rings is 2. The van der Waals surface area contributed by atoms with Crippen molar-refractivity contribution in [1.82, 2.24) is 14.8 Å². The van der Waals surface area contributed by atoms with Crippen LogP contribution in [0.5, 0.6) is 5.75 Å². The first-order valence-electron chi connectivity index (χ1n) is 9.38. The number of hydrogen-bond acceptors (Lipinski definition) is 5. The van der Waals surface area contributed by atoms with E-state index in [-0.39, 0.29) is 17.8 Å². The summed E-state index contributed by atoms with van der Waals surface area (Å²) in [7, 11) is 1.58. The Kier molecular flexibility index (Phi) is 5.53. The van der Waals surface area contributed by atoms with Gasteiger partial charge in [0.25, 0.3) is 0 Å². The molecule has 0 bridgehead atoms. The van der Waals surface area contributed by atoms with Gasteiger partial charge in [0.15, 0.2) is 11.0 Å². The molecule has 0 aliphatic heterocycles. The maximum atomic E-state index is 14.3. The number of thioether (sulfide) groups is 1. The van der Waals surface area contributed by atoms with Crippen LogP contribution in [0.25, 0.3) is 11.4 Å². The number of nitrogens with zero attached hydrogens (tertiary/aromatic N) is 3. The Labute approximate surface area is 172 Å². The molecule has 29 heavy (non-hydrogen) atoms. The Morgan fingerprint density at radius 2 is 2.03 bits per heavy atom. The number of anilines is 1. The first kappa shape index (κ1) is 19.4. The van der Waals surface area contributed by atoms with Gasteiger partial charge in [0.05, 0.1) is 17.9 Å². The predicted octanol–water partition coefficient (Wildman–Crippen LogP) is 4.55. The summed E-state index contributed by atoms with van der Waals surface area (Å²) in [6, 6.07) is 14.0. The summed E-state index contributed by atoms with van der Waals surface area (Å²) in [5.74, 6) is 0.697. The quantitative estimate of drug-likeness (QED) is 0.577. The number of nitrogens with one attached hydrogen (secondary N) is 1. The van der Waals surface area contributed by atoms with Crippen LogP contribution in [0.4, 0.5) is 10.1 Å². The van der Waals surface area contributed by atoms with Crippen LogP contribution >= 0.6 is 11.8 Å². The van der Waals surface area contributed by atoms with Gasteiger partial charge >= 0.3 is 0 Å². The average Bonchev–Trinajstić information content (AvgIpc) is 3.49. The second kappa shape index (κ2) is 8.24. The van der Waals surface area contributed by atoms with E-state index in [1.807, 2.05) is 23.6 Å². The summed E-state index contributed by atoms with van der Waals surface area (Å²) in [4.78, 5) is 12.7. The minimum atomic E-state index is -0.406. The van der Waals surface area contributed by atoms with Crippen LogP contribution in [-0.4, -0.2) is 33.0 Å². The van der Waals surface area contributed by atoms with Crippen molar-refractivity contribution in [2.45, 2.75) is 36.2 Å². The maximum Gasteiger partial charge on any atom is 0.237 e. The minimum Gasteiger partial charge on any atom is -0.497 e. The van der Waals surface area contributed by atoms with Crippen LogP contribution in [0.1, 0.15) is 25.8 Å². The second-order valence-electron chi connectivity index (χ2n) is 6.87. The van der Waals surface area contributed by atoms with Gasteiger partial charge in [0.2, 0.25) is 5.91 Å². The second-order valence-corrected chi connectivity index (χ2v) is 8.18. The van der Waals surface area contributed by atoms with Crippen LogP contribution in [0, 0.1) is 5.82 Å². The lowest BCUT2D eigenvalue weighted by atomic mass is 10.2. The van der Waals surface area contributed by atoms with Gasteiger partial charge in [0.1, 0.15) is 11.6 Å². The zero-order chi connectivity index (χ0) is 20.4. The van der Waals surface area contributed by atoms with Gasteiger partial charge in [0, 0.05) is 17.8 Å². The highest BCUT2D eigenvalue weighted by atomic mass is 32.2. The fraction of sp³-hybridized carbons (Fsp3) is 0.286. The van der Waals surface area contributed by atoms with Crippen LogP contribution in [-0.2, 0) is 4.79 Å². The van der Waals surface area contributed by atoms with Crippen molar-refractivity contribution in [3.8, 4) is 17.1 Å². The molecule has 1 N–H and O–H groups in total. The molecule has 150 valence electrons. The zero-order valence-corrected chi connectivity index (χ0v) is 16.9. The molecule has 3 aromatic rings. The summed E-state index contributed by atoms with van der Waals surface area (Å²) >= 11 is 1.32. The summed E-state index contributed by atoms with van der Waals surface area (Å²) in [6.07, 6.45) is 1.99. The van der Waals surface area contributed by atoms with Gasteiger partial charge in [-0.2, -0.15) is 0 Å². The standard InChI is InChI=1S/C21H21FN4O2S/c1-13(20(27)23-14-6-5-7-16(12-14)28-2)29-21-25-24-19(26(21)15-10-11-15)17-8-3-4-9-18(17)22/h3-9,12-13,15H,10-11H2,1-2H3,(H,23,27)/t13-/m1/s1. The third-order valence-electron chi connectivity index (χ3n) is 4.68. The normalized spacial score (nSPS) is 14.4. The molecule has 1 amide bonds. The number of amides is 1. The smallest absolute Gasteiger partial charge is 0.237 e. The molecular formula is C21H21FN4O2S. The van der Waals surface area contributed by atoms with E-state index in [4.69, 9.17) is 4.74 Å². The fourth-order valence-electron chi connectivity index (χ4n) is 3.00. The third kappa shape index (κ3) is 4.27. The number of carbonyl (C=O) groups is 1. The third-order valence-corrected chi connectivity index (χ3v) is 5.74. The number of rotatable bonds is 7. The molecule has 0 spiro atoms. The van der Waals surface area contributed by atoms with Crippen molar-refractivity contribution in [2.24, 2.45) is 0 Å². The van der Waals surface area contributed by atoms with Crippen LogP contribution in [0.2, 0.25) is 0 Å². The number of halogens is 1. The van der Waals surface area contributed by atoms with Crippen LogP contribution in [0.3, 0.4) is 0 Å². The van der Waals surface area contributed by atoms with Crippen molar-refractivity contribution in [1.29, 1.82) is 0 Å². The van der Waals surface area contributed by atoms with E-state index in [1.54, 1.807) is 37.4 Å². The Balaban J connectivity index is 1.53. The zero-order valence-electron chi connectivity index (χ0n) is 16.1. The summed E-state index contributed by atoms with van der Waals surface area (Å²) in [6.45, 7) is 1.81. The average molecular weight is 412 g/mol. The largest absolute Gasteiger partial charge is 0.497 e. The molecule has 0 radical (unpaired) electrons. The van der Waals surface area contributed by atoms with Crippen LogP contribution < -0.4 is 10.1 Å². The van der Waals surface area contributed by atoms with E-state index in [2.05, 4.69) is 15.5 Å². The fourth-order valence-corrected chi connectivity index (χ4v) is 3.92. The van der Waals surface area contributed by atoms with Gasteiger partial charge in [-0.3, -0.25) is 9.36 Å². The van der Waals surface area contributed by atoms with E-state index in [0.29, 0.717) is 28.0 Å². The van der Waals surface area contributed by atoms with Gasteiger partial charge in [-0.25, -0.2) is 4.39 Å². The van der Waals surface area contributed by atoms with E-state index >= 15 is 0 Å². The molecular weight excluding hydrogens is 391 g/mol. The van der Waals surface area contributed by atoms with E-state index < -0.39 is 5.25 Å². The summed E-state index contributed by atoms with van der Waals surface area (Å²) in [5, 5.41) is 11.6. The molecule has 8 heteroatoms. The molecule has 0 saturated heterocycles. The number of carbonyl (C=O) groups excluding carboxylic acids is 1. The minimum absolute atomic E-state index is 0.152. The predicted molar refractivity (Wildman–Crippen MR) is 111 cm³/mol. The van der Waals surface area contributed by atoms with E-state index in [0.717, 1.165) is 12.8 Å². The molecule has 6 nitrogen and oxygen atoms in total. The molecule has 1 aromatic heterocycles. The Morgan fingerprint density at radius 3 is 2.76 bits per heavy atom. The molecule has 0 unspecified atom stereocenters. The van der Waals surface area contributed by atoms with Crippen molar-refractivity contribution < 1.29 is 13.9 Å². The highest BCUT2D eigenvalue weighted by molar-refractivity contribution is 8.00. The molecule has 1 atom stereocenters. The SMILES string of the molecule is COc1cccc(NC(=O)[C@@H](C)Sc2nnc(-c3ccccc3F)n2C2CC2)c1. The van der Waals surface area contributed by atoms with Gasteiger partial charge in [-0.15, -0.1) is 10.2 Å². The highest BCUT2D eigenvalue weighted by Gasteiger charge is 2.32. The Hall–Kier alpha value is -2.87. The molecule has 1 fully saturated rings. The Bertz CT molecular complexity index is 1040. The van der Waals surface area contributed by atoms with Crippen molar-refractivity contribution in [3.63, 3.8) is 0 Å². The number of hydrogen-bond donors (Lipinski definition) is 1. The molecule has 4 rings (SSSR count). The van der Waals surface area contributed by atoms with Crippen molar-refractivity contribution >= 4 is 23.4 Å². The highest BCUT2D eigenvalue weighted by Crippen LogP contribution is 2.42. The summed E-state index contributed by atoms with van der Waals surface area (Å²) < 4.78 is 21.4. The molecule has 1 aliphatic rings. The number of aromatic nitrogens is 3. The van der Waals surface area contributed by atoms with Gasteiger partial charge in [-0.05, 0) is 44.0 Å². The number of ether oxygens (including phenoxy) is 1. The van der Waals surface area contributed by atoms with Crippen molar-refractivity contribution in [2.75, 3.05) is 12.4 Å². The lowest BCUT2D eigenvalue weighted by Gasteiger charge is -2.14. The molecule has 1 heterocycles. The molecule has 1 saturated carbocycles. The lowest BCUT2D eigenvalue weighted by molar-refractivity contribution is -0.115. The first-order valence-corrected chi connectivity index (χ1v) is 10.3. The van der Waals surface area contributed by atoms with E-state index in [9.17, 15) is 9.18 Å². The molecule has 1 aliphatic carbocycles. The van der Waals surface area contributed by atoms with E-state index in [1.165, 1.54) is 17.8 Å². The Morgan fingerprint density at radius 1 is 1.24 bits per heavy atom. The lowest BCUT2D eigenvalue weighted by Crippen LogP contribution is -2.23. The van der Waals surface area contributed by atoms with Crippen molar-refractivity contribution in [3.05, 3.63) is 54.3 Å². The van der Waals surface area contributed by atoms with Gasteiger partial charge in [-0.1, -0.05) is 30.0 Å².